The smallest absolute Gasteiger partial charge is 0.313 e. The molecule has 1 aliphatic heterocycles. The van der Waals surface area contributed by atoms with Gasteiger partial charge < -0.3 is 10.6 Å². The van der Waals surface area contributed by atoms with Crippen molar-refractivity contribution in [3.63, 3.8) is 0 Å². The molecular formula is C19H22FN3O2S. The number of carbonyl (C=O) groups is 2. The van der Waals surface area contributed by atoms with Crippen molar-refractivity contribution in [3.8, 4) is 0 Å². The lowest BCUT2D eigenvalue weighted by atomic mass is 9.97. The number of anilines is 1. The summed E-state index contributed by atoms with van der Waals surface area (Å²) in [6.07, 6.45) is 2.01. The van der Waals surface area contributed by atoms with E-state index in [0.717, 1.165) is 32.5 Å². The number of rotatable bonds is 5. The SMILES string of the molecule is O=C(NCC1CCN(Cc2cccs2)CC1)C(=O)Nc1ccc(F)cc1. The lowest BCUT2D eigenvalue weighted by molar-refractivity contribution is -0.136. The first-order chi connectivity index (χ1) is 12.6. The molecular weight excluding hydrogens is 353 g/mol. The van der Waals surface area contributed by atoms with Crippen LogP contribution in [0.5, 0.6) is 0 Å². The van der Waals surface area contributed by atoms with Gasteiger partial charge in [-0.1, -0.05) is 6.07 Å². The van der Waals surface area contributed by atoms with Gasteiger partial charge in [0.1, 0.15) is 5.82 Å². The summed E-state index contributed by atoms with van der Waals surface area (Å²) in [5.41, 5.74) is 0.397. The maximum absolute atomic E-state index is 12.8. The minimum atomic E-state index is -0.730. The highest BCUT2D eigenvalue weighted by molar-refractivity contribution is 7.09. The molecule has 0 spiro atoms. The summed E-state index contributed by atoms with van der Waals surface area (Å²) in [4.78, 5) is 27.6. The molecule has 0 atom stereocenters. The van der Waals surface area contributed by atoms with Crippen molar-refractivity contribution >= 4 is 28.8 Å². The molecule has 3 rings (SSSR count). The highest BCUT2D eigenvalue weighted by Crippen LogP contribution is 2.20. The lowest BCUT2D eigenvalue weighted by Gasteiger charge is -2.31. The van der Waals surface area contributed by atoms with Crippen molar-refractivity contribution in [1.82, 2.24) is 10.2 Å². The van der Waals surface area contributed by atoms with Gasteiger partial charge in [0.25, 0.3) is 0 Å². The fourth-order valence-electron chi connectivity index (χ4n) is 3.01. The van der Waals surface area contributed by atoms with Gasteiger partial charge >= 0.3 is 11.8 Å². The van der Waals surface area contributed by atoms with E-state index in [2.05, 4.69) is 33.0 Å². The molecule has 0 aliphatic carbocycles. The number of thiophene rings is 1. The van der Waals surface area contributed by atoms with Crippen molar-refractivity contribution in [2.75, 3.05) is 25.0 Å². The van der Waals surface area contributed by atoms with Gasteiger partial charge in [-0.2, -0.15) is 0 Å². The third kappa shape index (κ3) is 5.37. The Labute approximate surface area is 156 Å². The molecule has 0 saturated carbocycles. The van der Waals surface area contributed by atoms with Gasteiger partial charge in [-0.3, -0.25) is 14.5 Å². The van der Waals surface area contributed by atoms with E-state index in [1.54, 1.807) is 11.3 Å². The van der Waals surface area contributed by atoms with Gasteiger partial charge in [0.2, 0.25) is 0 Å². The highest BCUT2D eigenvalue weighted by Gasteiger charge is 2.21. The Morgan fingerprint density at radius 1 is 1.12 bits per heavy atom. The average molecular weight is 375 g/mol. The Morgan fingerprint density at radius 2 is 1.85 bits per heavy atom. The van der Waals surface area contributed by atoms with E-state index in [1.165, 1.54) is 29.1 Å². The second-order valence-corrected chi connectivity index (χ2v) is 7.50. The van der Waals surface area contributed by atoms with Gasteiger partial charge in [-0.05, 0) is 67.6 Å². The number of piperidine rings is 1. The molecule has 2 N–H and O–H groups in total. The van der Waals surface area contributed by atoms with Crippen LogP contribution in [0, 0.1) is 11.7 Å². The summed E-state index contributed by atoms with van der Waals surface area (Å²) >= 11 is 1.77. The topological polar surface area (TPSA) is 61.4 Å². The molecule has 0 bridgehead atoms. The summed E-state index contributed by atoms with van der Waals surface area (Å²) in [5.74, 6) is -1.39. The van der Waals surface area contributed by atoms with Crippen LogP contribution in [0.1, 0.15) is 17.7 Å². The molecule has 1 fully saturated rings. The second kappa shape index (κ2) is 8.91. The zero-order valence-corrected chi connectivity index (χ0v) is 15.2. The van der Waals surface area contributed by atoms with E-state index in [1.807, 2.05) is 0 Å². The van der Waals surface area contributed by atoms with E-state index < -0.39 is 17.6 Å². The molecule has 2 aromatic rings. The first-order valence-corrected chi connectivity index (χ1v) is 9.57. The van der Waals surface area contributed by atoms with Crippen molar-refractivity contribution < 1.29 is 14.0 Å². The summed E-state index contributed by atoms with van der Waals surface area (Å²) < 4.78 is 12.8. The molecule has 2 amide bonds. The first-order valence-electron chi connectivity index (χ1n) is 8.69. The Morgan fingerprint density at radius 3 is 2.50 bits per heavy atom. The van der Waals surface area contributed by atoms with Crippen LogP contribution in [0.3, 0.4) is 0 Å². The Balaban J connectivity index is 1.36. The molecule has 1 saturated heterocycles. The number of likely N-dealkylation sites (tertiary alicyclic amines) is 1. The van der Waals surface area contributed by atoms with Gasteiger partial charge in [0, 0.05) is 23.7 Å². The number of hydrogen-bond donors (Lipinski definition) is 2. The average Bonchev–Trinajstić information content (AvgIpc) is 3.16. The molecule has 0 unspecified atom stereocenters. The zero-order chi connectivity index (χ0) is 18.4. The second-order valence-electron chi connectivity index (χ2n) is 6.47. The normalized spacial score (nSPS) is 15.6. The summed E-state index contributed by atoms with van der Waals surface area (Å²) in [6, 6.07) is 9.53. The number of carbonyl (C=O) groups excluding carboxylic acids is 2. The minimum absolute atomic E-state index is 0.386. The van der Waals surface area contributed by atoms with Crippen molar-refractivity contribution in [2.24, 2.45) is 5.92 Å². The predicted molar refractivity (Wildman–Crippen MR) is 100 cm³/mol. The van der Waals surface area contributed by atoms with E-state index in [4.69, 9.17) is 0 Å². The highest BCUT2D eigenvalue weighted by atomic mass is 32.1. The van der Waals surface area contributed by atoms with Crippen LogP contribution in [0.2, 0.25) is 0 Å². The molecule has 7 heteroatoms. The summed E-state index contributed by atoms with van der Waals surface area (Å²) in [5, 5.41) is 7.26. The maximum Gasteiger partial charge on any atom is 0.313 e. The monoisotopic (exact) mass is 375 g/mol. The maximum atomic E-state index is 12.8. The van der Waals surface area contributed by atoms with E-state index in [0.29, 0.717) is 18.2 Å². The van der Waals surface area contributed by atoms with Crippen LogP contribution in [0.4, 0.5) is 10.1 Å². The summed E-state index contributed by atoms with van der Waals surface area (Å²) in [7, 11) is 0. The van der Waals surface area contributed by atoms with Gasteiger partial charge in [-0.15, -0.1) is 11.3 Å². The minimum Gasteiger partial charge on any atom is -0.348 e. The van der Waals surface area contributed by atoms with Crippen LogP contribution >= 0.6 is 11.3 Å². The molecule has 1 aromatic carbocycles. The van der Waals surface area contributed by atoms with Crippen molar-refractivity contribution in [1.29, 1.82) is 0 Å². The molecule has 2 heterocycles. The molecule has 138 valence electrons. The number of benzene rings is 1. The van der Waals surface area contributed by atoms with Crippen LogP contribution in [-0.4, -0.2) is 36.3 Å². The molecule has 5 nitrogen and oxygen atoms in total. The van der Waals surface area contributed by atoms with Gasteiger partial charge in [-0.25, -0.2) is 4.39 Å². The fraction of sp³-hybridized carbons (Fsp3) is 0.368. The number of hydrogen-bond acceptors (Lipinski definition) is 4. The number of nitrogens with zero attached hydrogens (tertiary/aromatic N) is 1. The van der Waals surface area contributed by atoms with Crippen molar-refractivity contribution in [2.45, 2.75) is 19.4 Å². The number of halogens is 1. The quantitative estimate of drug-likeness (QED) is 0.790. The van der Waals surface area contributed by atoms with Crippen LogP contribution in [0.15, 0.2) is 41.8 Å². The third-order valence-electron chi connectivity index (χ3n) is 4.53. The number of nitrogens with one attached hydrogen (secondary N) is 2. The van der Waals surface area contributed by atoms with Gasteiger partial charge in [0.15, 0.2) is 0 Å². The Kier molecular flexibility index (Phi) is 6.35. The predicted octanol–water partition coefficient (Wildman–Crippen LogP) is 2.85. The Hall–Kier alpha value is -2.25. The van der Waals surface area contributed by atoms with Crippen LogP contribution < -0.4 is 10.6 Å². The van der Waals surface area contributed by atoms with E-state index >= 15 is 0 Å². The zero-order valence-electron chi connectivity index (χ0n) is 14.4. The van der Waals surface area contributed by atoms with E-state index in [9.17, 15) is 14.0 Å². The standard InChI is InChI=1S/C19H22FN3O2S/c20-15-3-5-16(6-4-15)22-19(25)18(24)21-12-14-7-9-23(10-8-14)13-17-2-1-11-26-17/h1-6,11,14H,7-10,12-13H2,(H,21,24)(H,22,25). The van der Waals surface area contributed by atoms with Crippen LogP contribution in [0.25, 0.3) is 0 Å². The van der Waals surface area contributed by atoms with Crippen molar-refractivity contribution in [3.05, 3.63) is 52.5 Å². The van der Waals surface area contributed by atoms with E-state index in [-0.39, 0.29) is 0 Å². The molecule has 26 heavy (non-hydrogen) atoms. The number of amides is 2. The third-order valence-corrected chi connectivity index (χ3v) is 5.39. The molecule has 1 aromatic heterocycles. The lowest BCUT2D eigenvalue weighted by Crippen LogP contribution is -2.41. The molecule has 1 aliphatic rings. The molecule has 0 radical (unpaired) electrons. The first kappa shape index (κ1) is 18.5. The Bertz CT molecular complexity index is 726. The summed E-state index contributed by atoms with van der Waals surface area (Å²) in [6.45, 7) is 3.49. The van der Waals surface area contributed by atoms with Crippen LogP contribution in [-0.2, 0) is 16.1 Å². The fourth-order valence-corrected chi connectivity index (χ4v) is 3.76. The van der Waals surface area contributed by atoms with Gasteiger partial charge in [0.05, 0.1) is 0 Å². The largest absolute Gasteiger partial charge is 0.348 e.